The summed E-state index contributed by atoms with van der Waals surface area (Å²) < 4.78 is 40.2. The van der Waals surface area contributed by atoms with Gasteiger partial charge < -0.3 is 25.1 Å². The standard InChI is InChI=1S/C29H26ClF2N5O5/c1-15(2)29(34,28(40)41-3)37-13-19(16-4-6-17(31)7-5-16)25(38)20(14-37)27(39)36-18-8-9-22(21(32)12-18)42-23-10-11-35-26(33)24(23)30/h4-15H,34H2,1-3H3,(H2,33,35)(H,36,39)/t29-/m1/s1. The first-order chi connectivity index (χ1) is 19.9. The molecule has 0 aliphatic carbocycles. The number of ether oxygens (including phenoxy) is 2. The highest BCUT2D eigenvalue weighted by Crippen LogP contribution is 2.34. The number of methoxy groups -OCH3 is 1. The number of carbonyl (C=O) groups is 2. The monoisotopic (exact) mass is 597 g/mol. The lowest BCUT2D eigenvalue weighted by atomic mass is 9.95. The van der Waals surface area contributed by atoms with Gasteiger partial charge in [0.15, 0.2) is 23.0 Å². The Labute approximate surface area is 243 Å². The van der Waals surface area contributed by atoms with Gasteiger partial charge in [-0.3, -0.25) is 15.3 Å². The van der Waals surface area contributed by atoms with Crippen LogP contribution in [0.5, 0.6) is 11.5 Å². The summed E-state index contributed by atoms with van der Waals surface area (Å²) in [6, 6.07) is 9.94. The fourth-order valence-electron chi connectivity index (χ4n) is 4.09. The summed E-state index contributed by atoms with van der Waals surface area (Å²) in [6.45, 7) is 3.32. The summed E-state index contributed by atoms with van der Waals surface area (Å²) in [6.07, 6.45) is 3.75. The van der Waals surface area contributed by atoms with Crippen LogP contribution < -0.4 is 26.9 Å². The topological polar surface area (TPSA) is 152 Å². The maximum Gasteiger partial charge on any atom is 0.347 e. The van der Waals surface area contributed by atoms with Gasteiger partial charge in [-0.25, -0.2) is 18.6 Å². The smallest absolute Gasteiger partial charge is 0.347 e. The van der Waals surface area contributed by atoms with Gasteiger partial charge in [0, 0.05) is 47.9 Å². The SMILES string of the molecule is COC(=O)[C@@](N)(C(C)C)n1cc(C(=O)Nc2ccc(Oc3ccnc(N)c3Cl)c(F)c2)c(=O)c(-c2ccc(F)cc2)c1. The maximum absolute atomic E-state index is 14.9. The predicted molar refractivity (Wildman–Crippen MR) is 153 cm³/mol. The summed E-state index contributed by atoms with van der Waals surface area (Å²) in [7, 11) is 1.16. The van der Waals surface area contributed by atoms with Crippen molar-refractivity contribution in [1.29, 1.82) is 0 Å². The molecule has 4 rings (SSSR count). The van der Waals surface area contributed by atoms with Crippen LogP contribution in [0, 0.1) is 17.6 Å². The molecule has 42 heavy (non-hydrogen) atoms. The summed E-state index contributed by atoms with van der Waals surface area (Å²) >= 11 is 6.06. The maximum atomic E-state index is 14.9. The number of rotatable bonds is 8. The average Bonchev–Trinajstić information content (AvgIpc) is 2.96. The van der Waals surface area contributed by atoms with Gasteiger partial charge in [0.05, 0.1) is 7.11 Å². The van der Waals surface area contributed by atoms with Crippen LogP contribution in [0.4, 0.5) is 20.3 Å². The number of carbonyl (C=O) groups excluding carboxylic acids is 2. The van der Waals surface area contributed by atoms with Gasteiger partial charge in [-0.15, -0.1) is 0 Å². The van der Waals surface area contributed by atoms with Crippen LogP contribution in [0.2, 0.25) is 5.02 Å². The minimum absolute atomic E-state index is 0.00172. The third-order valence-corrected chi connectivity index (χ3v) is 6.92. The lowest BCUT2D eigenvalue weighted by Crippen LogP contribution is -2.55. The van der Waals surface area contributed by atoms with E-state index in [4.69, 9.17) is 32.5 Å². The number of hydrogen-bond acceptors (Lipinski definition) is 8. The second-order valence-corrected chi connectivity index (χ2v) is 9.89. The summed E-state index contributed by atoms with van der Waals surface area (Å²) in [5, 5.41) is 2.47. The Hall–Kier alpha value is -4.81. The molecule has 0 spiro atoms. The van der Waals surface area contributed by atoms with E-state index in [1.807, 2.05) is 0 Å². The predicted octanol–water partition coefficient (Wildman–Crippen LogP) is 4.91. The van der Waals surface area contributed by atoms with E-state index in [1.54, 1.807) is 13.8 Å². The molecule has 218 valence electrons. The normalized spacial score (nSPS) is 12.5. The van der Waals surface area contributed by atoms with Crippen molar-refractivity contribution in [3.63, 3.8) is 0 Å². The fourth-order valence-corrected chi connectivity index (χ4v) is 4.24. The molecule has 2 aromatic carbocycles. The van der Waals surface area contributed by atoms with Gasteiger partial charge in [-0.1, -0.05) is 37.6 Å². The van der Waals surface area contributed by atoms with Gasteiger partial charge in [-0.2, -0.15) is 0 Å². The van der Waals surface area contributed by atoms with Crippen LogP contribution in [-0.4, -0.2) is 28.5 Å². The summed E-state index contributed by atoms with van der Waals surface area (Å²) in [5.74, 6) is -3.86. The molecule has 5 N–H and O–H groups in total. The van der Waals surface area contributed by atoms with Crippen molar-refractivity contribution in [3.8, 4) is 22.6 Å². The number of halogens is 3. The van der Waals surface area contributed by atoms with Crippen molar-refractivity contribution in [2.45, 2.75) is 19.5 Å². The van der Waals surface area contributed by atoms with E-state index in [1.165, 1.54) is 47.3 Å². The van der Waals surface area contributed by atoms with E-state index < -0.39 is 46.1 Å². The first-order valence-electron chi connectivity index (χ1n) is 12.5. The Balaban J connectivity index is 1.75. The number of hydrogen-bond donors (Lipinski definition) is 3. The highest BCUT2D eigenvalue weighted by atomic mass is 35.5. The second-order valence-electron chi connectivity index (χ2n) is 9.51. The number of esters is 1. The lowest BCUT2D eigenvalue weighted by molar-refractivity contribution is -0.153. The van der Waals surface area contributed by atoms with Gasteiger partial charge in [0.25, 0.3) is 5.91 Å². The first kappa shape index (κ1) is 30.2. The van der Waals surface area contributed by atoms with Crippen LogP contribution in [0.1, 0.15) is 24.2 Å². The zero-order valence-electron chi connectivity index (χ0n) is 22.7. The molecule has 2 heterocycles. The molecule has 10 nitrogen and oxygen atoms in total. The largest absolute Gasteiger partial charge is 0.466 e. The van der Waals surface area contributed by atoms with Crippen LogP contribution >= 0.6 is 11.6 Å². The van der Waals surface area contributed by atoms with Gasteiger partial charge in [-0.05, 0) is 29.8 Å². The van der Waals surface area contributed by atoms with Crippen molar-refractivity contribution >= 4 is 35.0 Å². The zero-order chi connectivity index (χ0) is 30.8. The van der Waals surface area contributed by atoms with Crippen LogP contribution in [0.3, 0.4) is 0 Å². The Morgan fingerprint density at radius 2 is 1.76 bits per heavy atom. The molecule has 1 amide bonds. The molecule has 1 atom stereocenters. The van der Waals surface area contributed by atoms with Crippen molar-refractivity contribution in [1.82, 2.24) is 9.55 Å². The van der Waals surface area contributed by atoms with E-state index in [-0.39, 0.29) is 39.2 Å². The second kappa shape index (κ2) is 12.0. The number of anilines is 2. The molecule has 0 aliphatic heterocycles. The molecule has 0 saturated carbocycles. The molecule has 0 radical (unpaired) electrons. The molecule has 0 aliphatic rings. The highest BCUT2D eigenvalue weighted by Gasteiger charge is 2.41. The molecule has 0 bridgehead atoms. The number of nitrogens with two attached hydrogens (primary N) is 2. The van der Waals surface area contributed by atoms with E-state index in [9.17, 15) is 23.2 Å². The minimum atomic E-state index is -1.82. The third-order valence-electron chi connectivity index (χ3n) is 6.54. The van der Waals surface area contributed by atoms with Crippen LogP contribution in [0.25, 0.3) is 11.1 Å². The van der Waals surface area contributed by atoms with E-state index in [2.05, 4.69) is 10.3 Å². The zero-order valence-corrected chi connectivity index (χ0v) is 23.4. The average molecular weight is 598 g/mol. The van der Waals surface area contributed by atoms with Gasteiger partial charge >= 0.3 is 5.97 Å². The molecule has 0 fully saturated rings. The van der Waals surface area contributed by atoms with Crippen LogP contribution in [0.15, 0.2) is 71.9 Å². The minimum Gasteiger partial charge on any atom is -0.466 e. The van der Waals surface area contributed by atoms with Crippen molar-refractivity contribution in [3.05, 3.63) is 99.6 Å². The number of benzene rings is 2. The van der Waals surface area contributed by atoms with E-state index in [0.717, 1.165) is 31.5 Å². The van der Waals surface area contributed by atoms with E-state index in [0.29, 0.717) is 0 Å². The first-order valence-corrected chi connectivity index (χ1v) is 12.8. The molecular formula is C29H26ClF2N5O5. The number of amides is 1. The summed E-state index contributed by atoms with van der Waals surface area (Å²) in [5.41, 5.74) is 9.37. The number of nitrogen functional groups attached to an aromatic ring is 1. The third kappa shape index (κ3) is 5.80. The Kier molecular flexibility index (Phi) is 8.59. The summed E-state index contributed by atoms with van der Waals surface area (Å²) in [4.78, 5) is 43.5. The Morgan fingerprint density at radius 3 is 2.38 bits per heavy atom. The molecule has 2 aromatic heterocycles. The van der Waals surface area contributed by atoms with Crippen molar-refractivity contribution in [2.24, 2.45) is 11.7 Å². The Bertz CT molecular complexity index is 1730. The molecular weight excluding hydrogens is 572 g/mol. The van der Waals surface area contributed by atoms with Gasteiger partial charge in [0.2, 0.25) is 5.43 Å². The molecule has 0 saturated heterocycles. The van der Waals surface area contributed by atoms with Crippen LogP contribution in [-0.2, 0) is 15.2 Å². The van der Waals surface area contributed by atoms with Crippen molar-refractivity contribution in [2.75, 3.05) is 18.2 Å². The molecule has 13 heteroatoms. The number of nitrogens with zero attached hydrogens (tertiary/aromatic N) is 2. The molecule has 4 aromatic rings. The lowest BCUT2D eigenvalue weighted by Gasteiger charge is -2.33. The number of pyridine rings is 2. The Morgan fingerprint density at radius 1 is 1.07 bits per heavy atom. The number of nitrogens with one attached hydrogen (secondary N) is 1. The number of aromatic nitrogens is 2. The van der Waals surface area contributed by atoms with Gasteiger partial charge in [0.1, 0.15) is 22.2 Å². The highest BCUT2D eigenvalue weighted by molar-refractivity contribution is 6.34. The quantitative estimate of drug-likeness (QED) is 0.242. The van der Waals surface area contributed by atoms with E-state index >= 15 is 0 Å². The fraction of sp³-hybridized carbons (Fsp3) is 0.172. The van der Waals surface area contributed by atoms with Crippen molar-refractivity contribution < 1.29 is 27.8 Å². The molecule has 0 unspecified atom stereocenters.